The van der Waals surface area contributed by atoms with Crippen LogP contribution in [-0.2, 0) is 5.60 Å². The highest BCUT2D eigenvalue weighted by Gasteiger charge is 2.29. The predicted octanol–water partition coefficient (Wildman–Crippen LogP) is -0.205. The minimum absolute atomic E-state index is 0.0403. The van der Waals surface area contributed by atoms with Gasteiger partial charge in [-0.3, -0.25) is 0 Å². The van der Waals surface area contributed by atoms with Crippen LogP contribution in [0.5, 0.6) is 0 Å². The molecule has 4 heteroatoms. The molecule has 0 saturated carbocycles. The topological polar surface area (TPSA) is 65.1 Å². The zero-order chi connectivity index (χ0) is 17.3. The van der Waals surface area contributed by atoms with Gasteiger partial charge in [0, 0.05) is 11.1 Å². The number of hydrogen-bond acceptors (Lipinski definition) is 3. The molecule has 0 bridgehead atoms. The number of aliphatic hydroxyl groups is 3. The molecule has 0 aliphatic heterocycles. The Morgan fingerprint density at radius 3 is 1.67 bits per heavy atom. The van der Waals surface area contributed by atoms with E-state index in [1.807, 2.05) is 60.7 Å². The lowest BCUT2D eigenvalue weighted by molar-refractivity contribution is -0.893. The van der Waals surface area contributed by atoms with Crippen molar-refractivity contribution in [3.05, 3.63) is 71.8 Å². The minimum atomic E-state index is -1.38. The van der Waals surface area contributed by atoms with Gasteiger partial charge in [0.05, 0.1) is 13.2 Å². The van der Waals surface area contributed by atoms with E-state index < -0.39 is 5.60 Å². The number of rotatable bonds is 7. The van der Waals surface area contributed by atoms with Crippen LogP contribution in [0.2, 0.25) is 0 Å². The molecule has 4 nitrogen and oxygen atoms in total. The van der Waals surface area contributed by atoms with Gasteiger partial charge < -0.3 is 20.2 Å². The van der Waals surface area contributed by atoms with E-state index in [1.165, 1.54) is 0 Å². The number of quaternary nitrogens is 1. The van der Waals surface area contributed by atoms with Crippen molar-refractivity contribution in [2.75, 3.05) is 32.8 Å². The molecule has 126 valence electrons. The van der Waals surface area contributed by atoms with Crippen molar-refractivity contribution < 1.29 is 20.2 Å². The fourth-order valence-corrected chi connectivity index (χ4v) is 2.58. The maximum Gasteiger partial charge on any atom is 0.177 e. The Bertz CT molecular complexity index is 616. The van der Waals surface area contributed by atoms with E-state index in [-0.39, 0.29) is 13.2 Å². The van der Waals surface area contributed by atoms with E-state index in [1.54, 1.807) is 0 Å². The molecule has 0 aromatic heterocycles. The summed E-state index contributed by atoms with van der Waals surface area (Å²) in [5.41, 5.74) is 0.0515. The summed E-state index contributed by atoms with van der Waals surface area (Å²) < 4.78 is 0. The molecule has 0 amide bonds. The zero-order valence-corrected chi connectivity index (χ0v) is 13.7. The van der Waals surface area contributed by atoms with Crippen LogP contribution in [0.25, 0.3) is 0 Å². The Labute approximate surface area is 143 Å². The highest BCUT2D eigenvalue weighted by Crippen LogP contribution is 2.28. The van der Waals surface area contributed by atoms with E-state index in [4.69, 9.17) is 10.2 Å². The fraction of sp³-hybridized carbons (Fsp3) is 0.300. The summed E-state index contributed by atoms with van der Waals surface area (Å²) in [6.45, 7) is 1.56. The SMILES string of the molecule is OCC[NH+](CC#CC(O)(c1ccccc1)c1ccccc1)CCO. The van der Waals surface area contributed by atoms with Crippen molar-refractivity contribution >= 4 is 0 Å². The lowest BCUT2D eigenvalue weighted by Gasteiger charge is -2.23. The molecule has 0 radical (unpaired) electrons. The van der Waals surface area contributed by atoms with Crippen molar-refractivity contribution in [3.8, 4) is 11.8 Å². The Morgan fingerprint density at radius 1 is 0.792 bits per heavy atom. The molecule has 0 aliphatic rings. The Morgan fingerprint density at radius 2 is 1.25 bits per heavy atom. The molecule has 4 N–H and O–H groups in total. The summed E-state index contributed by atoms with van der Waals surface area (Å²) in [5.74, 6) is 6.03. The third kappa shape index (κ3) is 4.67. The first-order chi connectivity index (χ1) is 11.7. The van der Waals surface area contributed by atoms with Gasteiger partial charge in [0.15, 0.2) is 5.60 Å². The fourth-order valence-electron chi connectivity index (χ4n) is 2.58. The molecule has 0 fully saturated rings. The molecular weight excluding hydrogens is 302 g/mol. The average molecular weight is 326 g/mol. The highest BCUT2D eigenvalue weighted by molar-refractivity contribution is 5.44. The number of benzene rings is 2. The second kappa shape index (κ2) is 9.21. The average Bonchev–Trinajstić information content (AvgIpc) is 2.63. The summed E-state index contributed by atoms with van der Waals surface area (Å²) in [6, 6.07) is 18.7. The van der Waals surface area contributed by atoms with Gasteiger partial charge in [-0.05, 0) is 5.92 Å². The van der Waals surface area contributed by atoms with Gasteiger partial charge in [0.2, 0.25) is 0 Å². The van der Waals surface area contributed by atoms with E-state index in [2.05, 4.69) is 11.8 Å². The van der Waals surface area contributed by atoms with Crippen LogP contribution in [0.3, 0.4) is 0 Å². The third-order valence-corrected chi connectivity index (χ3v) is 3.92. The van der Waals surface area contributed by atoms with Crippen LogP contribution in [-0.4, -0.2) is 48.2 Å². The standard InChI is InChI=1S/C20H23NO3/c22-16-14-21(15-17-23)13-7-12-20(24,18-8-3-1-4-9-18)19-10-5-2-6-11-19/h1-6,8-11,22-24H,13-17H2/p+1. The number of hydrogen-bond donors (Lipinski definition) is 4. The van der Waals surface area contributed by atoms with Crippen molar-refractivity contribution in [1.29, 1.82) is 0 Å². The lowest BCUT2D eigenvalue weighted by atomic mass is 9.87. The van der Waals surface area contributed by atoms with Gasteiger partial charge in [0.1, 0.15) is 19.6 Å². The lowest BCUT2D eigenvalue weighted by Crippen LogP contribution is -3.12. The van der Waals surface area contributed by atoms with E-state index in [0.29, 0.717) is 19.6 Å². The molecule has 2 rings (SSSR count). The Balaban J connectivity index is 2.30. The van der Waals surface area contributed by atoms with Gasteiger partial charge in [-0.15, -0.1) is 0 Å². The van der Waals surface area contributed by atoms with E-state index >= 15 is 0 Å². The predicted molar refractivity (Wildman–Crippen MR) is 93.4 cm³/mol. The highest BCUT2D eigenvalue weighted by atomic mass is 16.3. The number of nitrogens with one attached hydrogen (secondary N) is 1. The molecule has 0 atom stereocenters. The third-order valence-electron chi connectivity index (χ3n) is 3.92. The molecule has 0 saturated heterocycles. The van der Waals surface area contributed by atoms with Gasteiger partial charge in [-0.25, -0.2) is 0 Å². The van der Waals surface area contributed by atoms with Gasteiger partial charge in [-0.2, -0.15) is 0 Å². The summed E-state index contributed by atoms with van der Waals surface area (Å²) >= 11 is 0. The van der Waals surface area contributed by atoms with Gasteiger partial charge in [0.25, 0.3) is 0 Å². The molecule has 24 heavy (non-hydrogen) atoms. The van der Waals surface area contributed by atoms with Crippen LogP contribution in [0.15, 0.2) is 60.7 Å². The van der Waals surface area contributed by atoms with Crippen LogP contribution in [0, 0.1) is 11.8 Å². The van der Waals surface area contributed by atoms with Gasteiger partial charge >= 0.3 is 0 Å². The number of aliphatic hydroxyl groups excluding tert-OH is 2. The molecule has 0 aliphatic carbocycles. The van der Waals surface area contributed by atoms with Crippen molar-refractivity contribution in [1.82, 2.24) is 0 Å². The first kappa shape index (κ1) is 18.2. The maximum absolute atomic E-state index is 11.2. The van der Waals surface area contributed by atoms with Crippen molar-refractivity contribution in [2.45, 2.75) is 5.60 Å². The van der Waals surface area contributed by atoms with Crippen LogP contribution in [0.4, 0.5) is 0 Å². The first-order valence-electron chi connectivity index (χ1n) is 8.09. The van der Waals surface area contributed by atoms with Crippen LogP contribution < -0.4 is 4.90 Å². The first-order valence-corrected chi connectivity index (χ1v) is 8.09. The second-order valence-corrected chi connectivity index (χ2v) is 5.62. The molecule has 0 spiro atoms. The Hall–Kier alpha value is -2.16. The largest absolute Gasteiger partial charge is 0.391 e. The summed E-state index contributed by atoms with van der Waals surface area (Å²) in [7, 11) is 0. The molecule has 2 aromatic carbocycles. The zero-order valence-electron chi connectivity index (χ0n) is 13.7. The summed E-state index contributed by atoms with van der Waals surface area (Å²) in [4.78, 5) is 0.982. The monoisotopic (exact) mass is 326 g/mol. The van der Waals surface area contributed by atoms with E-state index in [9.17, 15) is 5.11 Å². The van der Waals surface area contributed by atoms with Crippen LogP contribution in [0.1, 0.15) is 11.1 Å². The van der Waals surface area contributed by atoms with E-state index in [0.717, 1.165) is 16.0 Å². The quantitative estimate of drug-likeness (QED) is 0.533. The van der Waals surface area contributed by atoms with Crippen LogP contribution >= 0.6 is 0 Å². The second-order valence-electron chi connectivity index (χ2n) is 5.62. The summed E-state index contributed by atoms with van der Waals surface area (Å²) in [6.07, 6.45) is 0. The van der Waals surface area contributed by atoms with Gasteiger partial charge in [-0.1, -0.05) is 66.6 Å². The molecular formula is C20H24NO3+. The molecule has 2 aromatic rings. The smallest absolute Gasteiger partial charge is 0.177 e. The Kier molecular flexibility index (Phi) is 6.98. The minimum Gasteiger partial charge on any atom is -0.391 e. The normalized spacial score (nSPS) is 11.2. The molecule has 0 unspecified atom stereocenters. The molecule has 0 heterocycles. The van der Waals surface area contributed by atoms with Crippen molar-refractivity contribution in [3.63, 3.8) is 0 Å². The maximum atomic E-state index is 11.2. The summed E-state index contributed by atoms with van der Waals surface area (Å²) in [5, 5.41) is 29.4. The van der Waals surface area contributed by atoms with Crippen molar-refractivity contribution in [2.24, 2.45) is 0 Å².